The topological polar surface area (TPSA) is 29.3 Å². The number of halogens is 2. The minimum Gasteiger partial charge on any atom is -0.328 e. The van der Waals surface area contributed by atoms with E-state index in [1.807, 2.05) is 0 Å². The predicted octanol–water partition coefficient (Wildman–Crippen LogP) is 3.04. The highest BCUT2D eigenvalue weighted by Crippen LogP contribution is 2.21. The molecule has 1 fully saturated rings. The van der Waals surface area contributed by atoms with Crippen molar-refractivity contribution < 1.29 is 0 Å². The molecule has 2 atom stereocenters. The highest BCUT2D eigenvalue weighted by Gasteiger charge is 2.24. The van der Waals surface area contributed by atoms with E-state index in [0.717, 1.165) is 17.6 Å². The summed E-state index contributed by atoms with van der Waals surface area (Å²) in [4.78, 5) is 2.50. The Hall–Kier alpha value is -0.0900. The van der Waals surface area contributed by atoms with Gasteiger partial charge in [-0.3, -0.25) is 4.90 Å². The van der Waals surface area contributed by atoms with Gasteiger partial charge in [-0.25, -0.2) is 0 Å². The molecule has 2 nitrogen and oxygen atoms in total. The van der Waals surface area contributed by atoms with Crippen molar-refractivity contribution in [3.63, 3.8) is 0 Å². The van der Waals surface area contributed by atoms with Gasteiger partial charge in [0, 0.05) is 23.6 Å². The Labute approximate surface area is 118 Å². The van der Waals surface area contributed by atoms with E-state index in [9.17, 15) is 0 Å². The average molecular weight is 320 g/mol. The lowest BCUT2D eigenvalue weighted by Crippen LogP contribution is -2.29. The van der Waals surface area contributed by atoms with Crippen molar-refractivity contribution in [2.75, 3.05) is 13.1 Å². The Balaban J connectivity index is 0.00000144. The van der Waals surface area contributed by atoms with Crippen molar-refractivity contribution in [3.05, 3.63) is 34.3 Å². The summed E-state index contributed by atoms with van der Waals surface area (Å²) in [5.41, 5.74) is 7.32. The molecular weight excluding hydrogens is 300 g/mol. The SMILES string of the molecule is CC(N)C1CCN(Cc2ccc(Br)cc2)C1.Cl. The molecule has 2 rings (SSSR count). The van der Waals surface area contributed by atoms with Crippen LogP contribution >= 0.6 is 28.3 Å². The highest BCUT2D eigenvalue weighted by molar-refractivity contribution is 9.10. The molecule has 2 N–H and O–H groups in total. The standard InChI is InChI=1S/C13H19BrN2.ClH/c1-10(15)12-6-7-16(9-12)8-11-2-4-13(14)5-3-11;/h2-5,10,12H,6-9,15H2,1H3;1H. The lowest BCUT2D eigenvalue weighted by Gasteiger charge is -2.17. The van der Waals surface area contributed by atoms with Crippen LogP contribution in [-0.4, -0.2) is 24.0 Å². The summed E-state index contributed by atoms with van der Waals surface area (Å²) < 4.78 is 1.14. The van der Waals surface area contributed by atoms with Gasteiger partial charge in [0.25, 0.3) is 0 Å². The maximum atomic E-state index is 5.94. The smallest absolute Gasteiger partial charge is 0.0233 e. The average Bonchev–Trinajstić information content (AvgIpc) is 2.70. The summed E-state index contributed by atoms with van der Waals surface area (Å²) >= 11 is 3.46. The van der Waals surface area contributed by atoms with Gasteiger partial charge in [-0.2, -0.15) is 0 Å². The van der Waals surface area contributed by atoms with Gasteiger partial charge in [0.2, 0.25) is 0 Å². The van der Waals surface area contributed by atoms with Gasteiger partial charge in [0.1, 0.15) is 0 Å². The van der Waals surface area contributed by atoms with Gasteiger partial charge >= 0.3 is 0 Å². The van der Waals surface area contributed by atoms with Crippen LogP contribution in [0.4, 0.5) is 0 Å². The summed E-state index contributed by atoms with van der Waals surface area (Å²) in [6, 6.07) is 8.91. The first kappa shape index (κ1) is 15.0. The van der Waals surface area contributed by atoms with Crippen LogP contribution in [0.1, 0.15) is 18.9 Å². The number of likely N-dealkylation sites (tertiary alicyclic amines) is 1. The molecule has 2 unspecified atom stereocenters. The maximum absolute atomic E-state index is 5.94. The molecule has 1 heterocycles. The Bertz CT molecular complexity index is 340. The third-order valence-corrected chi connectivity index (χ3v) is 3.90. The minimum absolute atomic E-state index is 0. The number of nitrogens with zero attached hydrogens (tertiary/aromatic N) is 1. The van der Waals surface area contributed by atoms with Crippen molar-refractivity contribution in [2.24, 2.45) is 11.7 Å². The molecule has 1 aromatic rings. The number of nitrogens with two attached hydrogens (primary N) is 1. The molecule has 96 valence electrons. The fourth-order valence-electron chi connectivity index (χ4n) is 2.28. The Morgan fingerprint density at radius 2 is 2.06 bits per heavy atom. The van der Waals surface area contributed by atoms with Crippen LogP contribution < -0.4 is 5.73 Å². The highest BCUT2D eigenvalue weighted by atomic mass is 79.9. The summed E-state index contributed by atoms with van der Waals surface area (Å²) in [7, 11) is 0. The zero-order valence-electron chi connectivity index (χ0n) is 10.1. The maximum Gasteiger partial charge on any atom is 0.0233 e. The van der Waals surface area contributed by atoms with E-state index in [1.54, 1.807) is 0 Å². The van der Waals surface area contributed by atoms with Gasteiger partial charge in [0.05, 0.1) is 0 Å². The van der Waals surface area contributed by atoms with Crippen molar-refractivity contribution in [2.45, 2.75) is 25.9 Å². The number of benzene rings is 1. The first-order valence-electron chi connectivity index (χ1n) is 5.87. The number of hydrogen-bond acceptors (Lipinski definition) is 2. The van der Waals surface area contributed by atoms with Gasteiger partial charge in [0.15, 0.2) is 0 Å². The first-order chi connectivity index (χ1) is 7.65. The molecule has 1 aromatic carbocycles. The fraction of sp³-hybridized carbons (Fsp3) is 0.538. The van der Waals surface area contributed by atoms with Crippen LogP contribution in [0.5, 0.6) is 0 Å². The van der Waals surface area contributed by atoms with E-state index in [2.05, 4.69) is 52.0 Å². The summed E-state index contributed by atoms with van der Waals surface area (Å²) in [5.74, 6) is 0.676. The molecule has 4 heteroatoms. The van der Waals surface area contributed by atoms with Gasteiger partial charge < -0.3 is 5.73 Å². The lowest BCUT2D eigenvalue weighted by atomic mass is 10.0. The van der Waals surface area contributed by atoms with E-state index in [-0.39, 0.29) is 12.4 Å². The summed E-state index contributed by atoms with van der Waals surface area (Å²) in [6.07, 6.45) is 1.24. The van der Waals surface area contributed by atoms with Gasteiger partial charge in [-0.1, -0.05) is 28.1 Å². The second-order valence-corrected chi connectivity index (χ2v) is 5.69. The van der Waals surface area contributed by atoms with Crippen LogP contribution in [0, 0.1) is 5.92 Å². The Morgan fingerprint density at radius 1 is 1.41 bits per heavy atom. The van der Waals surface area contributed by atoms with E-state index >= 15 is 0 Å². The van der Waals surface area contributed by atoms with Gasteiger partial charge in [-0.05, 0) is 43.5 Å². The summed E-state index contributed by atoms with van der Waals surface area (Å²) in [6.45, 7) is 5.50. The quantitative estimate of drug-likeness (QED) is 0.928. The molecule has 0 aliphatic carbocycles. The third-order valence-electron chi connectivity index (χ3n) is 3.37. The van der Waals surface area contributed by atoms with Crippen molar-refractivity contribution in [3.8, 4) is 0 Å². The molecule has 0 amide bonds. The second kappa shape index (κ2) is 6.74. The zero-order valence-corrected chi connectivity index (χ0v) is 12.5. The molecule has 0 radical (unpaired) electrons. The third kappa shape index (κ3) is 4.25. The number of hydrogen-bond donors (Lipinski definition) is 1. The van der Waals surface area contributed by atoms with Crippen LogP contribution in [0.3, 0.4) is 0 Å². The monoisotopic (exact) mass is 318 g/mol. The first-order valence-corrected chi connectivity index (χ1v) is 6.67. The molecule has 1 aliphatic rings. The normalized spacial score (nSPS) is 22.2. The molecular formula is C13H20BrClN2. The van der Waals surface area contributed by atoms with Crippen molar-refractivity contribution >= 4 is 28.3 Å². The Morgan fingerprint density at radius 3 is 2.59 bits per heavy atom. The van der Waals surface area contributed by atoms with Crippen LogP contribution in [0.15, 0.2) is 28.7 Å². The lowest BCUT2D eigenvalue weighted by molar-refractivity contribution is 0.308. The van der Waals surface area contributed by atoms with E-state index < -0.39 is 0 Å². The van der Waals surface area contributed by atoms with Crippen molar-refractivity contribution in [1.82, 2.24) is 4.90 Å². The largest absolute Gasteiger partial charge is 0.328 e. The molecule has 0 spiro atoms. The van der Waals surface area contributed by atoms with Crippen LogP contribution in [0.2, 0.25) is 0 Å². The minimum atomic E-state index is 0. The second-order valence-electron chi connectivity index (χ2n) is 4.77. The van der Waals surface area contributed by atoms with E-state index in [4.69, 9.17) is 5.73 Å². The molecule has 1 saturated heterocycles. The summed E-state index contributed by atoms with van der Waals surface area (Å²) in [5, 5.41) is 0. The molecule has 17 heavy (non-hydrogen) atoms. The van der Waals surface area contributed by atoms with Crippen LogP contribution in [0.25, 0.3) is 0 Å². The molecule has 0 saturated carbocycles. The molecule has 0 aromatic heterocycles. The van der Waals surface area contributed by atoms with E-state index in [1.165, 1.54) is 18.5 Å². The predicted molar refractivity (Wildman–Crippen MR) is 78.4 cm³/mol. The number of rotatable bonds is 3. The fourth-order valence-corrected chi connectivity index (χ4v) is 2.55. The van der Waals surface area contributed by atoms with Crippen molar-refractivity contribution in [1.29, 1.82) is 0 Å². The zero-order chi connectivity index (χ0) is 11.5. The van der Waals surface area contributed by atoms with Crippen LogP contribution in [-0.2, 0) is 6.54 Å². The molecule has 0 bridgehead atoms. The molecule has 1 aliphatic heterocycles. The van der Waals surface area contributed by atoms with E-state index in [0.29, 0.717) is 12.0 Å². The Kier molecular flexibility index (Phi) is 5.93. The van der Waals surface area contributed by atoms with Gasteiger partial charge in [-0.15, -0.1) is 12.4 Å².